The number of hydrogen-bond donors (Lipinski definition) is 1. The van der Waals surface area contributed by atoms with Gasteiger partial charge in [-0.15, -0.1) is 0 Å². The summed E-state index contributed by atoms with van der Waals surface area (Å²) in [7, 11) is -3.81. The van der Waals surface area contributed by atoms with Crippen molar-refractivity contribution in [3.05, 3.63) is 65.7 Å². The van der Waals surface area contributed by atoms with Crippen LogP contribution in [0.5, 0.6) is 0 Å². The molecule has 0 aliphatic carbocycles. The van der Waals surface area contributed by atoms with Crippen LogP contribution in [0.4, 0.5) is 0 Å². The second-order valence-corrected chi connectivity index (χ2v) is 8.50. The number of nitrogens with zero attached hydrogens (tertiary/aromatic N) is 1. The molecule has 1 saturated heterocycles. The smallest absolute Gasteiger partial charge is 0.296 e. The monoisotopic (exact) mass is 375 g/mol. The Labute approximate surface area is 155 Å². The van der Waals surface area contributed by atoms with Crippen LogP contribution in [0.2, 0.25) is 0 Å². The minimum atomic E-state index is -3.81. The van der Waals surface area contributed by atoms with Crippen molar-refractivity contribution in [2.45, 2.75) is 30.9 Å². The van der Waals surface area contributed by atoms with E-state index in [-0.39, 0.29) is 17.4 Å². The van der Waals surface area contributed by atoms with Crippen LogP contribution in [0.15, 0.2) is 59.5 Å². The van der Waals surface area contributed by atoms with Gasteiger partial charge in [-0.2, -0.15) is 8.42 Å². The van der Waals surface area contributed by atoms with E-state index >= 15 is 0 Å². The fourth-order valence-corrected chi connectivity index (χ4v) is 4.15. The van der Waals surface area contributed by atoms with Crippen molar-refractivity contribution in [2.75, 3.05) is 19.7 Å². The average Bonchev–Trinajstić information content (AvgIpc) is 2.63. The first kappa shape index (κ1) is 19.0. The summed E-state index contributed by atoms with van der Waals surface area (Å²) in [6.45, 7) is 4.07. The molecule has 0 aromatic heterocycles. The van der Waals surface area contributed by atoms with E-state index in [0.717, 1.165) is 18.7 Å². The molecule has 0 bridgehead atoms. The van der Waals surface area contributed by atoms with Crippen LogP contribution in [-0.2, 0) is 20.8 Å². The molecule has 2 aromatic rings. The van der Waals surface area contributed by atoms with E-state index in [1.54, 1.807) is 24.3 Å². The van der Waals surface area contributed by atoms with Crippen molar-refractivity contribution in [3.63, 3.8) is 0 Å². The molecule has 5 nitrogen and oxygen atoms in total. The maximum Gasteiger partial charge on any atom is 0.296 e. The van der Waals surface area contributed by atoms with E-state index in [4.69, 9.17) is 4.18 Å². The Kier molecular flexibility index (Phi) is 6.09. The number of rotatable bonds is 6. The molecule has 1 heterocycles. The lowest BCUT2D eigenvalue weighted by atomic mass is 9.95. The summed E-state index contributed by atoms with van der Waals surface area (Å²) in [5, 5.41) is 10.3. The van der Waals surface area contributed by atoms with E-state index in [0.29, 0.717) is 13.0 Å². The summed E-state index contributed by atoms with van der Waals surface area (Å²) >= 11 is 0. The maximum absolute atomic E-state index is 12.3. The van der Waals surface area contributed by atoms with Crippen molar-refractivity contribution in [1.82, 2.24) is 4.90 Å². The molecule has 1 aliphatic rings. The van der Waals surface area contributed by atoms with Crippen molar-refractivity contribution in [1.29, 1.82) is 0 Å². The van der Waals surface area contributed by atoms with Crippen molar-refractivity contribution in [3.8, 4) is 0 Å². The van der Waals surface area contributed by atoms with Gasteiger partial charge < -0.3 is 5.11 Å². The zero-order valence-corrected chi connectivity index (χ0v) is 15.7. The zero-order valence-electron chi connectivity index (χ0n) is 14.9. The first-order chi connectivity index (χ1) is 12.4. The van der Waals surface area contributed by atoms with Crippen LogP contribution in [0.3, 0.4) is 0 Å². The average molecular weight is 375 g/mol. The minimum Gasteiger partial charge on any atom is -0.393 e. The molecule has 2 aromatic carbocycles. The molecule has 0 saturated carbocycles. The molecular formula is C20H25NO4S. The van der Waals surface area contributed by atoms with Gasteiger partial charge in [0.25, 0.3) is 10.1 Å². The van der Waals surface area contributed by atoms with Gasteiger partial charge in [0.1, 0.15) is 0 Å². The van der Waals surface area contributed by atoms with Gasteiger partial charge in [0.05, 0.1) is 17.6 Å². The van der Waals surface area contributed by atoms with Gasteiger partial charge in [0.2, 0.25) is 0 Å². The Morgan fingerprint density at radius 1 is 1.12 bits per heavy atom. The number of benzene rings is 2. The molecule has 3 rings (SSSR count). The fourth-order valence-electron chi connectivity index (χ4n) is 3.19. The summed E-state index contributed by atoms with van der Waals surface area (Å²) < 4.78 is 29.9. The topological polar surface area (TPSA) is 66.8 Å². The zero-order chi connectivity index (χ0) is 18.6. The molecule has 140 valence electrons. The first-order valence-corrected chi connectivity index (χ1v) is 10.3. The quantitative estimate of drug-likeness (QED) is 0.786. The number of aliphatic hydroxyl groups excluding tert-OH is 1. The number of hydrogen-bond acceptors (Lipinski definition) is 5. The summed E-state index contributed by atoms with van der Waals surface area (Å²) in [5.74, 6) is -0.229. The van der Waals surface area contributed by atoms with Gasteiger partial charge in [0.15, 0.2) is 0 Å². The first-order valence-electron chi connectivity index (χ1n) is 8.84. The highest BCUT2D eigenvalue weighted by atomic mass is 32.2. The van der Waals surface area contributed by atoms with Crippen molar-refractivity contribution in [2.24, 2.45) is 5.92 Å². The molecule has 0 radical (unpaired) electrons. The van der Waals surface area contributed by atoms with Crippen LogP contribution >= 0.6 is 0 Å². The third-order valence-electron chi connectivity index (χ3n) is 4.77. The van der Waals surface area contributed by atoms with Crippen LogP contribution in [0.25, 0.3) is 0 Å². The van der Waals surface area contributed by atoms with E-state index in [1.165, 1.54) is 5.56 Å². The summed E-state index contributed by atoms with van der Waals surface area (Å²) in [6.07, 6.45) is 0.0704. The van der Waals surface area contributed by atoms with E-state index in [9.17, 15) is 13.5 Å². The molecular weight excluding hydrogens is 350 g/mol. The SMILES string of the molecule is Cc1ccc(S(=O)(=O)OC[C@H]2CN(Cc3ccccc3)CC[C@H]2O)cc1. The standard InChI is InChI=1S/C20H25NO4S/c1-16-7-9-19(10-8-16)26(23,24)25-15-18-14-21(12-11-20(18)22)13-17-5-3-2-4-6-17/h2-10,18,20,22H,11-15H2,1H3/t18-,20-/m1/s1. The number of aliphatic hydroxyl groups is 1. The van der Waals surface area contributed by atoms with E-state index in [1.807, 2.05) is 25.1 Å². The maximum atomic E-state index is 12.3. The lowest BCUT2D eigenvalue weighted by molar-refractivity contribution is 0.00406. The highest BCUT2D eigenvalue weighted by molar-refractivity contribution is 7.86. The molecule has 0 amide bonds. The molecule has 26 heavy (non-hydrogen) atoms. The second kappa shape index (κ2) is 8.31. The summed E-state index contributed by atoms with van der Waals surface area (Å²) in [4.78, 5) is 2.38. The van der Waals surface area contributed by atoms with Crippen LogP contribution in [-0.4, -0.2) is 44.2 Å². The number of piperidine rings is 1. The second-order valence-electron chi connectivity index (χ2n) is 6.89. The van der Waals surface area contributed by atoms with Crippen molar-refractivity contribution < 1.29 is 17.7 Å². The Morgan fingerprint density at radius 3 is 2.50 bits per heavy atom. The molecule has 0 unspecified atom stereocenters. The van der Waals surface area contributed by atoms with Gasteiger partial charge in [-0.25, -0.2) is 0 Å². The molecule has 1 N–H and O–H groups in total. The van der Waals surface area contributed by atoms with Crippen molar-refractivity contribution >= 4 is 10.1 Å². The van der Waals surface area contributed by atoms with Gasteiger partial charge in [-0.3, -0.25) is 9.08 Å². The van der Waals surface area contributed by atoms with Crippen LogP contribution in [0, 0.1) is 12.8 Å². The Hall–Kier alpha value is -1.73. The minimum absolute atomic E-state index is 0.0112. The molecule has 1 fully saturated rings. The van der Waals surface area contributed by atoms with Gasteiger partial charge in [-0.1, -0.05) is 48.0 Å². The Morgan fingerprint density at radius 2 is 1.81 bits per heavy atom. The highest BCUT2D eigenvalue weighted by Crippen LogP contribution is 2.22. The van der Waals surface area contributed by atoms with Crippen LogP contribution in [0.1, 0.15) is 17.5 Å². The number of aryl methyl sites for hydroxylation is 1. The molecule has 1 aliphatic heterocycles. The van der Waals surface area contributed by atoms with Gasteiger partial charge in [-0.05, 0) is 31.0 Å². The largest absolute Gasteiger partial charge is 0.393 e. The lowest BCUT2D eigenvalue weighted by Gasteiger charge is -2.35. The lowest BCUT2D eigenvalue weighted by Crippen LogP contribution is -2.44. The summed E-state index contributed by atoms with van der Waals surface area (Å²) in [6, 6.07) is 16.7. The summed E-state index contributed by atoms with van der Waals surface area (Å²) in [5.41, 5.74) is 2.19. The predicted octanol–water partition coefficient (Wildman–Crippen LogP) is 2.58. The molecule has 6 heteroatoms. The molecule has 0 spiro atoms. The van der Waals surface area contributed by atoms with Gasteiger partial charge >= 0.3 is 0 Å². The highest BCUT2D eigenvalue weighted by Gasteiger charge is 2.30. The van der Waals surface area contributed by atoms with Crippen LogP contribution < -0.4 is 0 Å². The molecule has 2 atom stereocenters. The van der Waals surface area contributed by atoms with Gasteiger partial charge in [0, 0.05) is 25.6 Å². The predicted molar refractivity (Wildman–Crippen MR) is 100 cm³/mol. The fraction of sp³-hybridized carbons (Fsp3) is 0.400. The Bertz CT molecular complexity index is 805. The third-order valence-corrected chi connectivity index (χ3v) is 6.07. The van der Waals surface area contributed by atoms with E-state index in [2.05, 4.69) is 17.0 Å². The van der Waals surface area contributed by atoms with E-state index < -0.39 is 16.2 Å². The Balaban J connectivity index is 1.60. The third kappa shape index (κ3) is 4.92. The number of likely N-dealkylation sites (tertiary alicyclic amines) is 1. The normalized spacial score (nSPS) is 21.6.